The Balaban J connectivity index is -0.000000249. The first-order chi connectivity index (χ1) is 4.71. The van der Waals surface area contributed by atoms with Gasteiger partial charge in [-0.2, -0.15) is 4.31 Å². The quantitative estimate of drug-likeness (QED) is 0.380. The van der Waals surface area contributed by atoms with E-state index in [4.69, 9.17) is 24.8 Å². The molecule has 0 aromatic rings. The molecule has 0 unspecified atom stereocenters. The molecule has 0 heterocycles. The molecule has 0 spiro atoms. The summed E-state index contributed by atoms with van der Waals surface area (Å²) >= 11 is 0. The third-order valence-corrected chi connectivity index (χ3v) is 1.91. The van der Waals surface area contributed by atoms with Gasteiger partial charge in [0.1, 0.15) is 0 Å². The molecule has 0 aliphatic rings. The molecular weight excluding hydrogens is 264 g/mol. The second-order valence-corrected chi connectivity index (χ2v) is 3.68. The second kappa shape index (κ2) is 6.75. The van der Waals surface area contributed by atoms with E-state index in [9.17, 15) is 9.13 Å². The molecule has 8 nitrogen and oxygen atoms in total. The normalized spacial score (nSPS) is 10.5. The minimum atomic E-state index is -5.05. The summed E-state index contributed by atoms with van der Waals surface area (Å²) in [4.78, 5) is 31.0. The summed E-state index contributed by atoms with van der Waals surface area (Å²) in [5, 5.41) is 6.50. The molecule has 0 saturated carbocycles. The molecule has 0 atom stereocenters. The van der Waals surface area contributed by atoms with E-state index in [2.05, 4.69) is 10.9 Å². The average molecular weight is 269 g/mol. The molecule has 0 bridgehead atoms. The summed E-state index contributed by atoms with van der Waals surface area (Å²) in [6.45, 7) is 3.50. The zero-order valence-corrected chi connectivity index (χ0v) is 7.96. The van der Waals surface area contributed by atoms with Crippen molar-refractivity contribution in [2.75, 3.05) is 0 Å². The number of nitrogens with zero attached hydrogens (tertiary/aromatic N) is 1. The zero-order chi connectivity index (χ0) is 9.71. The van der Waals surface area contributed by atoms with Crippen LogP contribution in [-0.4, -0.2) is 19.6 Å². The van der Waals surface area contributed by atoms with Crippen LogP contribution in [0, 0.1) is 11.8 Å². The fourth-order valence-corrected chi connectivity index (χ4v) is 1.25. The van der Waals surface area contributed by atoms with E-state index < -0.39 is 15.6 Å². The molecule has 0 fully saturated rings. The molecule has 0 amide bonds. The van der Waals surface area contributed by atoms with Gasteiger partial charge in [0.15, 0.2) is 0 Å². The molecular formula is CH5CuNO7P2. The van der Waals surface area contributed by atoms with Gasteiger partial charge in [0, 0.05) is 23.6 Å². The molecule has 0 saturated heterocycles. The molecule has 0 aliphatic carbocycles. The van der Waals surface area contributed by atoms with Crippen LogP contribution in [0.3, 0.4) is 0 Å². The summed E-state index contributed by atoms with van der Waals surface area (Å²) in [6, 6.07) is 0. The number of phosphoric acid groups is 2. The van der Waals surface area contributed by atoms with Crippen molar-refractivity contribution in [2.45, 2.75) is 0 Å². The van der Waals surface area contributed by atoms with Crippen LogP contribution in [0.5, 0.6) is 0 Å². The number of nitriles is 1. The van der Waals surface area contributed by atoms with Gasteiger partial charge in [-0.25, -0.2) is 14.4 Å². The maximum atomic E-state index is 9.63. The van der Waals surface area contributed by atoms with Gasteiger partial charge >= 0.3 is 15.6 Å². The van der Waals surface area contributed by atoms with Crippen molar-refractivity contribution in [1.29, 1.82) is 5.26 Å². The summed E-state index contributed by atoms with van der Waals surface area (Å²) < 4.78 is 22.2. The molecule has 0 aromatic heterocycles. The van der Waals surface area contributed by atoms with E-state index in [0.717, 1.165) is 0 Å². The smallest absolute Gasteiger partial charge is 0.302 e. The van der Waals surface area contributed by atoms with Crippen molar-refractivity contribution in [3.63, 3.8) is 0 Å². The molecule has 0 aliphatic heterocycles. The second-order valence-electron chi connectivity index (χ2n) is 1.06. The Morgan fingerprint density at radius 1 is 1.00 bits per heavy atom. The van der Waals surface area contributed by atoms with Crippen LogP contribution in [0.2, 0.25) is 0 Å². The van der Waals surface area contributed by atoms with E-state index in [1.54, 1.807) is 0 Å². The predicted molar refractivity (Wildman–Crippen MR) is 31.8 cm³/mol. The summed E-state index contributed by atoms with van der Waals surface area (Å²) in [7, 11) is -10.1. The van der Waals surface area contributed by atoms with Gasteiger partial charge in [-0.15, -0.1) is 0 Å². The minimum absolute atomic E-state index is 0. The Hall–Kier alpha value is 0.269. The number of hydrogen-bond donors (Lipinski definition) is 4. The topological polar surface area (TPSA) is 148 Å². The first-order valence-corrected chi connectivity index (χ1v) is 4.85. The Bertz CT molecular complexity index is 193. The predicted octanol–water partition coefficient (Wildman–Crippen LogP) is -0.674. The number of hydrogen-bond acceptors (Lipinski definition) is 4. The largest absolute Gasteiger partial charge is 0.478 e. The standard InChI is InChI=1S/CHN.Cu.H4O7P2/c1-2;;1-8(2,3)7-9(4,5)6/h1H;;(H2,1,2,3)(H2,4,5,6). The van der Waals surface area contributed by atoms with Crippen molar-refractivity contribution in [2.24, 2.45) is 0 Å². The van der Waals surface area contributed by atoms with E-state index in [-0.39, 0.29) is 17.1 Å². The molecule has 0 aromatic carbocycles. The van der Waals surface area contributed by atoms with Gasteiger partial charge < -0.3 is 19.6 Å². The third-order valence-electron chi connectivity index (χ3n) is 0.213. The summed E-state index contributed by atoms with van der Waals surface area (Å²) in [6.07, 6.45) is 0. The Labute approximate surface area is 78.1 Å². The molecule has 11 heteroatoms. The molecule has 77 valence electrons. The van der Waals surface area contributed by atoms with Gasteiger partial charge in [0.05, 0.1) is 0 Å². The van der Waals surface area contributed by atoms with Crippen LogP contribution < -0.4 is 0 Å². The van der Waals surface area contributed by atoms with Crippen molar-refractivity contribution in [1.82, 2.24) is 0 Å². The molecule has 1 radical (unpaired) electrons. The first-order valence-electron chi connectivity index (χ1n) is 1.79. The van der Waals surface area contributed by atoms with Gasteiger partial charge in [-0.3, -0.25) is 0 Å². The third kappa shape index (κ3) is 22.4. The molecule has 4 N–H and O–H groups in total. The van der Waals surface area contributed by atoms with Crippen molar-refractivity contribution in [3.05, 3.63) is 0 Å². The van der Waals surface area contributed by atoms with E-state index >= 15 is 0 Å². The van der Waals surface area contributed by atoms with Crippen LogP contribution in [-0.2, 0) is 30.5 Å². The Kier molecular flexibility index (Phi) is 10.2. The van der Waals surface area contributed by atoms with Crippen molar-refractivity contribution < 1.29 is 50.1 Å². The van der Waals surface area contributed by atoms with Crippen LogP contribution in [0.1, 0.15) is 0 Å². The van der Waals surface area contributed by atoms with Gasteiger partial charge in [0.25, 0.3) is 0 Å². The Morgan fingerprint density at radius 2 is 1.17 bits per heavy atom. The van der Waals surface area contributed by atoms with E-state index in [1.807, 2.05) is 0 Å². The monoisotopic (exact) mass is 268 g/mol. The maximum absolute atomic E-state index is 9.63. The zero-order valence-electron chi connectivity index (χ0n) is 5.23. The fourth-order valence-electron chi connectivity index (χ4n) is 0.139. The Morgan fingerprint density at radius 3 is 1.17 bits per heavy atom. The van der Waals surface area contributed by atoms with Gasteiger partial charge in [-0.05, 0) is 0 Å². The molecule has 12 heavy (non-hydrogen) atoms. The van der Waals surface area contributed by atoms with Crippen LogP contribution in [0.4, 0.5) is 0 Å². The van der Waals surface area contributed by atoms with Crippen LogP contribution >= 0.6 is 15.6 Å². The maximum Gasteiger partial charge on any atom is 0.478 e. The van der Waals surface area contributed by atoms with Crippen LogP contribution in [0.25, 0.3) is 0 Å². The first kappa shape index (κ1) is 18.1. The van der Waals surface area contributed by atoms with Gasteiger partial charge in [0.2, 0.25) is 0 Å². The minimum Gasteiger partial charge on any atom is -0.302 e. The van der Waals surface area contributed by atoms with Crippen molar-refractivity contribution >= 4 is 15.6 Å². The number of rotatable bonds is 2. The fraction of sp³-hybridized carbons (Fsp3) is 0. The van der Waals surface area contributed by atoms with Gasteiger partial charge in [-0.1, -0.05) is 0 Å². The summed E-state index contributed by atoms with van der Waals surface area (Å²) in [5.74, 6) is 0. The van der Waals surface area contributed by atoms with Crippen molar-refractivity contribution in [3.8, 4) is 6.57 Å². The summed E-state index contributed by atoms with van der Waals surface area (Å²) in [5.41, 5.74) is 0. The average Bonchev–Trinajstić information content (AvgIpc) is 1.60. The SMILES string of the molecule is C#N.O=P(O)(O)OP(=O)(O)O.[Cu]. The van der Waals surface area contributed by atoms with E-state index in [0.29, 0.717) is 0 Å². The molecule has 0 rings (SSSR count). The van der Waals surface area contributed by atoms with E-state index in [1.165, 1.54) is 0 Å². The van der Waals surface area contributed by atoms with Crippen LogP contribution in [0.15, 0.2) is 0 Å².